The van der Waals surface area contributed by atoms with Gasteiger partial charge in [-0.2, -0.15) is 0 Å². The van der Waals surface area contributed by atoms with Crippen LogP contribution in [0.15, 0.2) is 62.9 Å². The smallest absolute Gasteiger partial charge is 0.337 e. The summed E-state index contributed by atoms with van der Waals surface area (Å²) in [7, 11) is 1.31. The molecule has 4 rings (SSSR count). The van der Waals surface area contributed by atoms with Crippen molar-refractivity contribution < 1.29 is 13.9 Å². The highest BCUT2D eigenvalue weighted by Crippen LogP contribution is 2.24. The standard InChI is InChI=1S/C20H16N4O4S/c1-12-22-23-17(28-12)11-29-20-21-16-10-13(19(26)27-2)8-9-15(16)18(25)24(20)14-6-4-3-5-7-14/h3-10H,11H2,1-2H3. The second-order valence-corrected chi connectivity index (χ2v) is 7.04. The molecule has 0 radical (unpaired) electrons. The lowest BCUT2D eigenvalue weighted by atomic mass is 10.1. The second kappa shape index (κ2) is 7.88. The number of fused-ring (bicyclic) bond motifs is 1. The molecule has 0 atom stereocenters. The van der Waals surface area contributed by atoms with Gasteiger partial charge in [-0.25, -0.2) is 9.78 Å². The van der Waals surface area contributed by atoms with Crippen LogP contribution in [0.25, 0.3) is 16.6 Å². The van der Waals surface area contributed by atoms with Gasteiger partial charge >= 0.3 is 5.97 Å². The summed E-state index contributed by atoms with van der Waals surface area (Å²) < 4.78 is 11.7. The summed E-state index contributed by atoms with van der Waals surface area (Å²) in [6.45, 7) is 1.71. The Balaban J connectivity index is 1.86. The van der Waals surface area contributed by atoms with Crippen LogP contribution >= 0.6 is 11.8 Å². The van der Waals surface area contributed by atoms with Gasteiger partial charge < -0.3 is 9.15 Å². The fourth-order valence-corrected chi connectivity index (χ4v) is 3.68. The molecule has 2 aromatic carbocycles. The molecule has 0 aliphatic rings. The van der Waals surface area contributed by atoms with Crippen molar-refractivity contribution in [2.45, 2.75) is 17.8 Å². The molecule has 0 N–H and O–H groups in total. The number of aromatic nitrogens is 4. The van der Waals surface area contributed by atoms with Crippen LogP contribution in [0.5, 0.6) is 0 Å². The van der Waals surface area contributed by atoms with Gasteiger partial charge in [0.05, 0.1) is 35.0 Å². The monoisotopic (exact) mass is 408 g/mol. The maximum Gasteiger partial charge on any atom is 0.337 e. The largest absolute Gasteiger partial charge is 0.465 e. The molecule has 0 unspecified atom stereocenters. The third kappa shape index (κ3) is 3.77. The van der Waals surface area contributed by atoms with Gasteiger partial charge in [0, 0.05) is 6.92 Å². The number of ether oxygens (including phenoxy) is 1. The number of aryl methyl sites for hydroxylation is 1. The molecule has 0 aliphatic heterocycles. The van der Waals surface area contributed by atoms with Crippen molar-refractivity contribution >= 4 is 28.6 Å². The van der Waals surface area contributed by atoms with Crippen LogP contribution in [-0.2, 0) is 10.5 Å². The summed E-state index contributed by atoms with van der Waals surface area (Å²) in [5.74, 6) is 0.763. The summed E-state index contributed by atoms with van der Waals surface area (Å²) in [5.41, 5.74) is 1.19. The van der Waals surface area contributed by atoms with E-state index in [1.165, 1.54) is 23.4 Å². The third-order valence-electron chi connectivity index (χ3n) is 4.17. The number of hydrogen-bond acceptors (Lipinski definition) is 8. The fraction of sp³-hybridized carbons (Fsp3) is 0.150. The van der Waals surface area contributed by atoms with E-state index in [0.29, 0.717) is 44.8 Å². The van der Waals surface area contributed by atoms with Gasteiger partial charge in [0.1, 0.15) is 0 Å². The Morgan fingerprint density at radius 1 is 1.17 bits per heavy atom. The summed E-state index contributed by atoms with van der Waals surface area (Å²) in [4.78, 5) is 29.8. The van der Waals surface area contributed by atoms with E-state index in [-0.39, 0.29) is 5.56 Å². The van der Waals surface area contributed by atoms with Crippen LogP contribution in [0.3, 0.4) is 0 Å². The van der Waals surface area contributed by atoms with Crippen LogP contribution < -0.4 is 5.56 Å². The van der Waals surface area contributed by atoms with E-state index in [4.69, 9.17) is 9.15 Å². The SMILES string of the molecule is COC(=O)c1ccc2c(=O)n(-c3ccccc3)c(SCc3nnc(C)o3)nc2c1. The van der Waals surface area contributed by atoms with Crippen LogP contribution in [0.2, 0.25) is 0 Å². The zero-order valence-electron chi connectivity index (χ0n) is 15.7. The van der Waals surface area contributed by atoms with E-state index >= 15 is 0 Å². The molecule has 2 heterocycles. The number of para-hydroxylation sites is 1. The number of methoxy groups -OCH3 is 1. The first-order valence-electron chi connectivity index (χ1n) is 8.69. The van der Waals surface area contributed by atoms with E-state index in [0.717, 1.165) is 0 Å². The molecule has 0 saturated heterocycles. The van der Waals surface area contributed by atoms with Crippen molar-refractivity contribution in [3.8, 4) is 5.69 Å². The molecule has 0 amide bonds. The molecule has 0 bridgehead atoms. The highest BCUT2D eigenvalue weighted by molar-refractivity contribution is 7.98. The lowest BCUT2D eigenvalue weighted by Gasteiger charge is -2.13. The predicted octanol–water partition coefficient (Wildman–Crippen LogP) is 3.16. The molecule has 4 aromatic rings. The summed E-state index contributed by atoms with van der Waals surface area (Å²) in [5, 5.41) is 8.65. The van der Waals surface area contributed by atoms with Crippen LogP contribution in [0.4, 0.5) is 0 Å². The Bertz CT molecular complexity index is 1250. The number of thioether (sulfide) groups is 1. The molecule has 29 heavy (non-hydrogen) atoms. The first kappa shape index (κ1) is 18.9. The minimum absolute atomic E-state index is 0.234. The van der Waals surface area contributed by atoms with Gasteiger partial charge in [-0.05, 0) is 30.3 Å². The van der Waals surface area contributed by atoms with Gasteiger partial charge in [0.2, 0.25) is 11.8 Å². The molecular weight excluding hydrogens is 392 g/mol. The van der Waals surface area contributed by atoms with Crippen molar-refractivity contribution in [2.75, 3.05) is 7.11 Å². The quantitative estimate of drug-likeness (QED) is 0.282. The molecule has 9 heteroatoms. The van der Waals surface area contributed by atoms with Crippen molar-refractivity contribution in [3.63, 3.8) is 0 Å². The summed E-state index contributed by atoms with van der Waals surface area (Å²) in [6.07, 6.45) is 0. The molecule has 2 aromatic heterocycles. The van der Waals surface area contributed by atoms with E-state index in [9.17, 15) is 9.59 Å². The predicted molar refractivity (Wildman–Crippen MR) is 107 cm³/mol. The molecule has 0 fully saturated rings. The second-order valence-electron chi connectivity index (χ2n) is 6.10. The number of hydrogen-bond donors (Lipinski definition) is 0. The first-order chi connectivity index (χ1) is 14.1. The summed E-state index contributed by atoms with van der Waals surface area (Å²) >= 11 is 1.30. The van der Waals surface area contributed by atoms with Crippen LogP contribution in [-0.4, -0.2) is 32.8 Å². The maximum atomic E-state index is 13.3. The topological polar surface area (TPSA) is 100 Å². The van der Waals surface area contributed by atoms with E-state index in [2.05, 4.69) is 15.2 Å². The lowest BCUT2D eigenvalue weighted by Crippen LogP contribution is -2.22. The molecule has 146 valence electrons. The zero-order chi connectivity index (χ0) is 20.4. The van der Waals surface area contributed by atoms with Crippen molar-refractivity contribution in [2.24, 2.45) is 0 Å². The van der Waals surface area contributed by atoms with E-state index in [1.807, 2.05) is 30.3 Å². The minimum atomic E-state index is -0.489. The van der Waals surface area contributed by atoms with Gasteiger partial charge in [-0.15, -0.1) is 10.2 Å². The Morgan fingerprint density at radius 2 is 1.97 bits per heavy atom. The zero-order valence-corrected chi connectivity index (χ0v) is 16.5. The number of carbonyl (C=O) groups is 1. The molecule has 8 nitrogen and oxygen atoms in total. The normalized spacial score (nSPS) is 11.0. The van der Waals surface area contributed by atoms with Crippen LogP contribution in [0.1, 0.15) is 22.1 Å². The molecule has 0 aliphatic carbocycles. The number of carbonyl (C=O) groups excluding carboxylic acids is 1. The van der Waals surface area contributed by atoms with Crippen molar-refractivity contribution in [1.82, 2.24) is 19.7 Å². The maximum absolute atomic E-state index is 13.3. The van der Waals surface area contributed by atoms with E-state index < -0.39 is 5.97 Å². The third-order valence-corrected chi connectivity index (χ3v) is 5.09. The van der Waals surface area contributed by atoms with Crippen molar-refractivity contribution in [1.29, 1.82) is 0 Å². The lowest BCUT2D eigenvalue weighted by molar-refractivity contribution is 0.0601. The number of rotatable bonds is 5. The van der Waals surface area contributed by atoms with E-state index in [1.54, 1.807) is 25.1 Å². The Kier molecular flexibility index (Phi) is 5.13. The summed E-state index contributed by atoms with van der Waals surface area (Å²) in [6, 6.07) is 13.9. The molecule has 0 saturated carbocycles. The highest BCUT2D eigenvalue weighted by atomic mass is 32.2. The number of benzene rings is 2. The van der Waals surface area contributed by atoms with Crippen LogP contribution in [0, 0.1) is 6.92 Å². The highest BCUT2D eigenvalue weighted by Gasteiger charge is 2.16. The Hall–Kier alpha value is -3.46. The average Bonchev–Trinajstić information content (AvgIpc) is 3.17. The minimum Gasteiger partial charge on any atom is -0.465 e. The van der Waals surface area contributed by atoms with Crippen molar-refractivity contribution in [3.05, 3.63) is 76.2 Å². The number of nitrogens with zero attached hydrogens (tertiary/aromatic N) is 4. The number of esters is 1. The fourth-order valence-electron chi connectivity index (χ4n) is 2.83. The molecular formula is C20H16N4O4S. The van der Waals surface area contributed by atoms with Gasteiger partial charge in [-0.3, -0.25) is 9.36 Å². The van der Waals surface area contributed by atoms with Gasteiger partial charge in [0.15, 0.2) is 5.16 Å². The first-order valence-corrected chi connectivity index (χ1v) is 9.67. The Morgan fingerprint density at radius 3 is 2.66 bits per heavy atom. The van der Waals surface area contributed by atoms with Gasteiger partial charge in [0.25, 0.3) is 5.56 Å². The Labute approximate surface area is 169 Å². The average molecular weight is 408 g/mol. The molecule has 0 spiro atoms. The van der Waals surface area contributed by atoms with Gasteiger partial charge in [-0.1, -0.05) is 30.0 Å².